The third-order valence-corrected chi connectivity index (χ3v) is 5.84. The van der Waals surface area contributed by atoms with Crippen LogP contribution in [-0.4, -0.2) is 59.4 Å². The summed E-state index contributed by atoms with van der Waals surface area (Å²) >= 11 is 1.75. The van der Waals surface area contributed by atoms with E-state index in [-0.39, 0.29) is 12.5 Å². The van der Waals surface area contributed by atoms with Crippen LogP contribution in [0.25, 0.3) is 0 Å². The SMILES string of the molecule is O=C(/C=C/CO)N1CCN(C2=Nc3ccccc3Sc3ccccc32)CC1. The van der Waals surface area contributed by atoms with Gasteiger partial charge < -0.3 is 14.9 Å². The molecule has 2 aliphatic rings. The third-order valence-electron chi connectivity index (χ3n) is 4.70. The standard InChI is InChI=1S/C21H21N3O2S/c25-15-5-10-20(26)23-11-13-24(14-12-23)21-16-6-1-3-8-18(16)27-19-9-4-2-7-17(19)22-21/h1-10,25H,11-15H2/b10-5+. The van der Waals surface area contributed by atoms with Gasteiger partial charge in [-0.25, -0.2) is 4.99 Å². The number of aliphatic imine (C=N–C) groups is 1. The molecule has 1 fully saturated rings. The lowest BCUT2D eigenvalue weighted by Gasteiger charge is -2.36. The molecule has 27 heavy (non-hydrogen) atoms. The van der Waals surface area contributed by atoms with E-state index in [4.69, 9.17) is 10.1 Å². The number of aliphatic hydroxyl groups excluding tert-OH is 1. The summed E-state index contributed by atoms with van der Waals surface area (Å²) in [5, 5.41) is 8.84. The van der Waals surface area contributed by atoms with Gasteiger partial charge in [0.05, 0.1) is 12.3 Å². The lowest BCUT2D eigenvalue weighted by atomic mass is 10.1. The number of piperazine rings is 1. The van der Waals surface area contributed by atoms with Gasteiger partial charge in [-0.3, -0.25) is 4.79 Å². The molecule has 6 heteroatoms. The number of aliphatic hydroxyl groups is 1. The van der Waals surface area contributed by atoms with E-state index in [1.165, 1.54) is 17.0 Å². The summed E-state index contributed by atoms with van der Waals surface area (Å²) in [6, 6.07) is 16.6. The number of amides is 1. The van der Waals surface area contributed by atoms with Crippen molar-refractivity contribution in [2.45, 2.75) is 9.79 Å². The first kappa shape index (κ1) is 17.8. The number of rotatable bonds is 2. The highest BCUT2D eigenvalue weighted by Gasteiger charge is 2.26. The van der Waals surface area contributed by atoms with Gasteiger partial charge in [0.2, 0.25) is 5.91 Å². The minimum atomic E-state index is -0.115. The molecule has 1 saturated heterocycles. The number of hydrogen-bond donors (Lipinski definition) is 1. The summed E-state index contributed by atoms with van der Waals surface area (Å²) in [5.41, 5.74) is 2.12. The number of carbonyl (C=O) groups excluding carboxylic acids is 1. The van der Waals surface area contributed by atoms with Gasteiger partial charge in [0.15, 0.2) is 0 Å². The quantitative estimate of drug-likeness (QED) is 0.815. The van der Waals surface area contributed by atoms with Crippen LogP contribution in [0.1, 0.15) is 5.56 Å². The third kappa shape index (κ3) is 3.77. The average Bonchev–Trinajstić information content (AvgIpc) is 2.89. The highest BCUT2D eigenvalue weighted by atomic mass is 32.2. The number of nitrogens with zero attached hydrogens (tertiary/aromatic N) is 3. The molecular formula is C21H21N3O2S. The van der Waals surface area contributed by atoms with Gasteiger partial charge in [0.25, 0.3) is 0 Å². The van der Waals surface area contributed by atoms with Crippen molar-refractivity contribution in [3.8, 4) is 0 Å². The zero-order valence-electron chi connectivity index (χ0n) is 14.9. The maximum absolute atomic E-state index is 12.1. The smallest absolute Gasteiger partial charge is 0.246 e. The predicted molar refractivity (Wildman–Crippen MR) is 108 cm³/mol. The lowest BCUT2D eigenvalue weighted by molar-refractivity contribution is -0.127. The van der Waals surface area contributed by atoms with Gasteiger partial charge in [0, 0.05) is 47.6 Å². The van der Waals surface area contributed by atoms with Crippen LogP contribution < -0.4 is 0 Å². The van der Waals surface area contributed by atoms with Crippen LogP contribution in [0, 0.1) is 0 Å². The molecule has 0 aromatic heterocycles. The zero-order valence-corrected chi connectivity index (χ0v) is 15.7. The van der Waals surface area contributed by atoms with Crippen molar-refractivity contribution in [3.63, 3.8) is 0 Å². The van der Waals surface area contributed by atoms with Crippen molar-refractivity contribution in [1.29, 1.82) is 0 Å². The maximum Gasteiger partial charge on any atom is 0.246 e. The number of hydrogen-bond acceptors (Lipinski definition) is 5. The lowest BCUT2D eigenvalue weighted by Crippen LogP contribution is -2.50. The fourth-order valence-electron chi connectivity index (χ4n) is 3.31. The van der Waals surface area contributed by atoms with Crippen molar-refractivity contribution >= 4 is 29.2 Å². The Bertz CT molecular complexity index is 902. The van der Waals surface area contributed by atoms with Crippen molar-refractivity contribution in [2.24, 2.45) is 4.99 Å². The molecule has 0 atom stereocenters. The van der Waals surface area contributed by atoms with Gasteiger partial charge in [-0.1, -0.05) is 48.2 Å². The molecule has 138 valence electrons. The monoisotopic (exact) mass is 379 g/mol. The summed E-state index contributed by atoms with van der Waals surface area (Å²) in [5.74, 6) is 0.925. The van der Waals surface area contributed by atoms with E-state index in [2.05, 4.69) is 29.2 Å². The normalized spacial score (nSPS) is 16.6. The van der Waals surface area contributed by atoms with Crippen molar-refractivity contribution in [1.82, 2.24) is 9.80 Å². The van der Waals surface area contributed by atoms with E-state index in [1.807, 2.05) is 29.2 Å². The second-order valence-electron chi connectivity index (χ2n) is 6.40. The number of carbonyl (C=O) groups is 1. The van der Waals surface area contributed by atoms with Gasteiger partial charge in [-0.2, -0.15) is 0 Å². The summed E-state index contributed by atoms with van der Waals surface area (Å²) in [7, 11) is 0. The fourth-order valence-corrected chi connectivity index (χ4v) is 4.33. The number of amidine groups is 1. The molecule has 0 bridgehead atoms. The summed E-state index contributed by atoms with van der Waals surface area (Å²) in [6.45, 7) is 2.64. The predicted octanol–water partition coefficient (Wildman–Crippen LogP) is 2.92. The van der Waals surface area contributed by atoms with Crippen molar-refractivity contribution in [3.05, 3.63) is 66.2 Å². The van der Waals surface area contributed by atoms with E-state index in [0.717, 1.165) is 35.1 Å². The topological polar surface area (TPSA) is 56.1 Å². The molecular weight excluding hydrogens is 358 g/mol. The Kier molecular flexibility index (Phi) is 5.27. The minimum Gasteiger partial charge on any atom is -0.392 e. The molecule has 0 unspecified atom stereocenters. The highest BCUT2D eigenvalue weighted by Crippen LogP contribution is 2.40. The first-order valence-electron chi connectivity index (χ1n) is 9.02. The second-order valence-corrected chi connectivity index (χ2v) is 7.48. The number of benzene rings is 2. The van der Waals surface area contributed by atoms with Crippen molar-refractivity contribution in [2.75, 3.05) is 32.8 Å². The van der Waals surface area contributed by atoms with Crippen LogP contribution in [0.4, 0.5) is 5.69 Å². The van der Waals surface area contributed by atoms with Gasteiger partial charge in [-0.15, -0.1) is 0 Å². The average molecular weight is 379 g/mol. The molecule has 1 amide bonds. The molecule has 5 nitrogen and oxygen atoms in total. The Balaban J connectivity index is 1.61. The molecule has 2 aliphatic heterocycles. The minimum absolute atomic E-state index is 0.0483. The largest absolute Gasteiger partial charge is 0.392 e. The first-order chi connectivity index (χ1) is 13.3. The van der Waals surface area contributed by atoms with E-state index < -0.39 is 0 Å². The van der Waals surface area contributed by atoms with E-state index in [9.17, 15) is 4.79 Å². The molecule has 2 aromatic carbocycles. The summed E-state index contributed by atoms with van der Waals surface area (Å²) in [4.78, 5) is 23.6. The van der Waals surface area contributed by atoms with Gasteiger partial charge >= 0.3 is 0 Å². The van der Waals surface area contributed by atoms with Gasteiger partial charge in [0.1, 0.15) is 5.84 Å². The van der Waals surface area contributed by atoms with Crippen LogP contribution in [0.5, 0.6) is 0 Å². The molecule has 0 aliphatic carbocycles. The Morgan fingerprint density at radius 3 is 2.52 bits per heavy atom. The van der Waals surface area contributed by atoms with Crippen LogP contribution in [0.2, 0.25) is 0 Å². The van der Waals surface area contributed by atoms with Crippen molar-refractivity contribution < 1.29 is 9.90 Å². The van der Waals surface area contributed by atoms with Crippen LogP contribution >= 0.6 is 11.8 Å². The maximum atomic E-state index is 12.1. The molecule has 2 heterocycles. The molecule has 2 aromatic rings. The van der Waals surface area contributed by atoms with Crippen LogP contribution in [-0.2, 0) is 4.79 Å². The fraction of sp³-hybridized carbons (Fsp3) is 0.238. The molecule has 1 N–H and O–H groups in total. The van der Waals surface area contributed by atoms with E-state index in [0.29, 0.717) is 13.1 Å². The zero-order chi connectivity index (χ0) is 18.6. The molecule has 0 spiro atoms. The second kappa shape index (κ2) is 7.98. The van der Waals surface area contributed by atoms with Crippen LogP contribution in [0.3, 0.4) is 0 Å². The highest BCUT2D eigenvalue weighted by molar-refractivity contribution is 7.99. The molecule has 4 rings (SSSR count). The Labute approximate surface area is 163 Å². The number of para-hydroxylation sites is 1. The summed E-state index contributed by atoms with van der Waals surface area (Å²) < 4.78 is 0. The van der Waals surface area contributed by atoms with E-state index in [1.54, 1.807) is 11.8 Å². The molecule has 0 radical (unpaired) electrons. The van der Waals surface area contributed by atoms with E-state index >= 15 is 0 Å². The van der Waals surface area contributed by atoms with Gasteiger partial charge in [-0.05, 0) is 18.2 Å². The molecule has 0 saturated carbocycles. The first-order valence-corrected chi connectivity index (χ1v) is 9.84. The summed E-state index contributed by atoms with van der Waals surface area (Å²) in [6.07, 6.45) is 2.93. The van der Waals surface area contributed by atoms with Crippen LogP contribution in [0.15, 0.2) is 75.5 Å². The Hall–Kier alpha value is -2.57. The Morgan fingerprint density at radius 2 is 1.74 bits per heavy atom. The Morgan fingerprint density at radius 1 is 1.04 bits per heavy atom. The number of fused-ring (bicyclic) bond motifs is 2.